The van der Waals surface area contributed by atoms with Gasteiger partial charge in [0.05, 0.1) is 18.3 Å². The monoisotopic (exact) mass is 192 g/mol. The number of fused-ring (bicyclic) bond motifs is 1. The first-order valence-corrected chi connectivity index (χ1v) is 4.03. The second-order valence-corrected chi connectivity index (χ2v) is 2.89. The Bertz CT molecular complexity index is 490. The van der Waals surface area contributed by atoms with Crippen molar-refractivity contribution in [1.29, 1.82) is 0 Å². The van der Waals surface area contributed by atoms with E-state index in [-0.39, 0.29) is 12.2 Å². The van der Waals surface area contributed by atoms with E-state index in [0.717, 1.165) is 0 Å². The number of aromatic carboxylic acids is 1. The number of aliphatic hydroxyl groups is 1. The minimum absolute atomic E-state index is 0.110. The van der Waals surface area contributed by atoms with Crippen molar-refractivity contribution < 1.29 is 15.0 Å². The first kappa shape index (κ1) is 8.71. The Morgan fingerprint density at radius 3 is 3.00 bits per heavy atom. The lowest BCUT2D eigenvalue weighted by Crippen LogP contribution is -1.96. The molecule has 0 aliphatic rings. The highest BCUT2D eigenvalue weighted by Crippen LogP contribution is 2.12. The Hall–Kier alpha value is -1.88. The van der Waals surface area contributed by atoms with E-state index in [0.29, 0.717) is 11.1 Å². The van der Waals surface area contributed by atoms with Crippen LogP contribution in [0.2, 0.25) is 0 Å². The van der Waals surface area contributed by atoms with Crippen LogP contribution >= 0.6 is 0 Å². The first-order valence-electron chi connectivity index (χ1n) is 4.03. The molecular weight excluding hydrogens is 184 g/mol. The van der Waals surface area contributed by atoms with Crippen LogP contribution in [0.25, 0.3) is 5.52 Å². The van der Waals surface area contributed by atoms with Crippen molar-refractivity contribution in [2.24, 2.45) is 0 Å². The summed E-state index contributed by atoms with van der Waals surface area (Å²) >= 11 is 0. The quantitative estimate of drug-likeness (QED) is 0.727. The van der Waals surface area contributed by atoms with Crippen molar-refractivity contribution in [3.63, 3.8) is 0 Å². The number of pyridine rings is 1. The van der Waals surface area contributed by atoms with Crippen LogP contribution < -0.4 is 0 Å². The van der Waals surface area contributed by atoms with Gasteiger partial charge in [-0.3, -0.25) is 0 Å². The molecule has 0 spiro atoms. The van der Waals surface area contributed by atoms with E-state index in [1.165, 1.54) is 10.7 Å². The largest absolute Gasteiger partial charge is 0.478 e. The Labute approximate surface area is 79.2 Å². The van der Waals surface area contributed by atoms with Crippen LogP contribution in [0.3, 0.4) is 0 Å². The molecule has 0 bridgehead atoms. The maximum absolute atomic E-state index is 10.8. The summed E-state index contributed by atoms with van der Waals surface area (Å²) in [6.07, 6.45) is 2.91. The molecule has 0 aromatic carbocycles. The molecular formula is C9H8N2O3. The summed E-state index contributed by atoms with van der Waals surface area (Å²) in [4.78, 5) is 10.8. The van der Waals surface area contributed by atoms with Gasteiger partial charge in [0, 0.05) is 6.20 Å². The molecule has 14 heavy (non-hydrogen) atoms. The van der Waals surface area contributed by atoms with Crippen LogP contribution in [0, 0.1) is 0 Å². The second kappa shape index (κ2) is 3.12. The normalized spacial score (nSPS) is 10.6. The fourth-order valence-corrected chi connectivity index (χ4v) is 1.29. The van der Waals surface area contributed by atoms with Crippen molar-refractivity contribution in [3.05, 3.63) is 35.7 Å². The van der Waals surface area contributed by atoms with Crippen LogP contribution in [-0.4, -0.2) is 25.8 Å². The summed E-state index contributed by atoms with van der Waals surface area (Å²) in [6.45, 7) is -0.110. The lowest BCUT2D eigenvalue weighted by Gasteiger charge is -1.97. The molecule has 72 valence electrons. The van der Waals surface area contributed by atoms with E-state index in [1.54, 1.807) is 18.3 Å². The standard InChI is InChI=1S/C9H8N2O3/c12-5-6-1-2-11-8(3-6)7(4-10-11)9(13)14/h1-4,12H,5H2,(H,13,14). The fourth-order valence-electron chi connectivity index (χ4n) is 1.29. The van der Waals surface area contributed by atoms with Gasteiger partial charge in [-0.1, -0.05) is 0 Å². The SMILES string of the molecule is O=C(O)c1cnn2ccc(CO)cc12. The number of aromatic nitrogens is 2. The zero-order valence-electron chi connectivity index (χ0n) is 7.21. The third-order valence-corrected chi connectivity index (χ3v) is 2.00. The van der Waals surface area contributed by atoms with Gasteiger partial charge in [-0.05, 0) is 17.7 Å². The second-order valence-electron chi connectivity index (χ2n) is 2.89. The molecule has 2 aromatic rings. The molecule has 0 fully saturated rings. The van der Waals surface area contributed by atoms with Crippen LogP contribution in [-0.2, 0) is 6.61 Å². The molecule has 0 radical (unpaired) electrons. The van der Waals surface area contributed by atoms with Gasteiger partial charge in [-0.2, -0.15) is 5.10 Å². The molecule has 0 saturated heterocycles. The molecule has 0 amide bonds. The molecule has 5 heteroatoms. The fraction of sp³-hybridized carbons (Fsp3) is 0.111. The number of aliphatic hydroxyl groups excluding tert-OH is 1. The van der Waals surface area contributed by atoms with Gasteiger partial charge in [-0.25, -0.2) is 9.31 Å². The molecule has 5 nitrogen and oxygen atoms in total. The third kappa shape index (κ3) is 1.23. The van der Waals surface area contributed by atoms with Crippen LogP contribution in [0.15, 0.2) is 24.5 Å². The summed E-state index contributed by atoms with van der Waals surface area (Å²) in [5.74, 6) is -1.02. The number of hydrogen-bond donors (Lipinski definition) is 2. The van der Waals surface area contributed by atoms with Crippen molar-refractivity contribution >= 4 is 11.5 Å². The number of carboxylic acid groups (broad SMARTS) is 1. The highest BCUT2D eigenvalue weighted by atomic mass is 16.4. The number of carbonyl (C=O) groups is 1. The predicted molar refractivity (Wildman–Crippen MR) is 48.1 cm³/mol. The van der Waals surface area contributed by atoms with Crippen molar-refractivity contribution in [3.8, 4) is 0 Å². The van der Waals surface area contributed by atoms with Crippen LogP contribution in [0.5, 0.6) is 0 Å². The van der Waals surface area contributed by atoms with Gasteiger partial charge >= 0.3 is 5.97 Å². The Morgan fingerprint density at radius 2 is 2.36 bits per heavy atom. The van der Waals surface area contributed by atoms with Gasteiger partial charge in [0.1, 0.15) is 5.56 Å². The molecule has 0 aliphatic heterocycles. The Balaban J connectivity index is 2.69. The first-order chi connectivity index (χ1) is 6.72. The van der Waals surface area contributed by atoms with E-state index >= 15 is 0 Å². The Kier molecular flexibility index (Phi) is 1.94. The average Bonchev–Trinajstić information content (AvgIpc) is 2.59. The maximum atomic E-state index is 10.8. The predicted octanol–water partition coefficient (Wildman–Crippen LogP) is 0.525. The lowest BCUT2D eigenvalue weighted by molar-refractivity contribution is 0.0699. The number of carboxylic acids is 1. The number of rotatable bonds is 2. The summed E-state index contributed by atoms with van der Waals surface area (Å²) in [6, 6.07) is 3.29. The van der Waals surface area contributed by atoms with Gasteiger partial charge in [0.25, 0.3) is 0 Å². The average molecular weight is 192 g/mol. The zero-order chi connectivity index (χ0) is 10.1. The molecule has 2 rings (SSSR count). The highest BCUT2D eigenvalue weighted by Gasteiger charge is 2.10. The molecule has 2 N–H and O–H groups in total. The molecule has 0 saturated carbocycles. The van der Waals surface area contributed by atoms with Gasteiger partial charge < -0.3 is 10.2 Å². The van der Waals surface area contributed by atoms with E-state index in [2.05, 4.69) is 5.10 Å². The van der Waals surface area contributed by atoms with E-state index < -0.39 is 5.97 Å². The number of nitrogens with zero attached hydrogens (tertiary/aromatic N) is 2. The van der Waals surface area contributed by atoms with Crippen molar-refractivity contribution in [2.75, 3.05) is 0 Å². The van der Waals surface area contributed by atoms with Gasteiger partial charge in [-0.15, -0.1) is 0 Å². The zero-order valence-corrected chi connectivity index (χ0v) is 7.21. The summed E-state index contributed by atoms with van der Waals surface area (Å²) < 4.78 is 1.46. The summed E-state index contributed by atoms with van der Waals surface area (Å²) in [5, 5.41) is 21.6. The van der Waals surface area contributed by atoms with Crippen molar-refractivity contribution in [2.45, 2.75) is 6.61 Å². The van der Waals surface area contributed by atoms with Crippen LogP contribution in [0.1, 0.15) is 15.9 Å². The van der Waals surface area contributed by atoms with E-state index in [4.69, 9.17) is 10.2 Å². The van der Waals surface area contributed by atoms with Gasteiger partial charge in [0.2, 0.25) is 0 Å². The highest BCUT2D eigenvalue weighted by molar-refractivity contribution is 5.95. The van der Waals surface area contributed by atoms with Crippen LogP contribution in [0.4, 0.5) is 0 Å². The smallest absolute Gasteiger partial charge is 0.339 e. The lowest BCUT2D eigenvalue weighted by atomic mass is 10.2. The molecule has 0 unspecified atom stereocenters. The minimum Gasteiger partial charge on any atom is -0.478 e. The summed E-state index contributed by atoms with van der Waals surface area (Å²) in [7, 11) is 0. The third-order valence-electron chi connectivity index (χ3n) is 2.00. The Morgan fingerprint density at radius 1 is 1.57 bits per heavy atom. The summed E-state index contributed by atoms with van der Waals surface area (Å²) in [5.41, 5.74) is 1.30. The number of hydrogen-bond acceptors (Lipinski definition) is 3. The van der Waals surface area contributed by atoms with Gasteiger partial charge in [0.15, 0.2) is 0 Å². The molecule has 0 atom stereocenters. The topological polar surface area (TPSA) is 74.8 Å². The van der Waals surface area contributed by atoms with E-state index in [1.807, 2.05) is 0 Å². The molecule has 0 aliphatic carbocycles. The molecule has 2 aromatic heterocycles. The minimum atomic E-state index is -1.02. The molecule has 2 heterocycles. The maximum Gasteiger partial charge on any atom is 0.339 e. The van der Waals surface area contributed by atoms with E-state index in [9.17, 15) is 4.79 Å². The van der Waals surface area contributed by atoms with Crippen molar-refractivity contribution in [1.82, 2.24) is 9.61 Å².